The zero-order chi connectivity index (χ0) is 29.8. The van der Waals surface area contributed by atoms with Crippen molar-refractivity contribution in [3.8, 4) is 0 Å². The number of hydrogen-bond donors (Lipinski definition) is 2. The standard InChI is InChI=1S/2C17H17NO3/c2*19-12-16(11-14-7-3-1-4-8-14)18-17(20)21-13-15-9-5-2-6-10-15/h2*1-10,12,16H,11,13H2,(H,18,20). The van der Waals surface area contributed by atoms with Crippen LogP contribution in [-0.2, 0) is 45.1 Å². The number of ether oxygens (including phenoxy) is 2. The van der Waals surface area contributed by atoms with E-state index in [-0.39, 0.29) is 13.2 Å². The molecule has 0 fully saturated rings. The van der Waals surface area contributed by atoms with Crippen molar-refractivity contribution in [2.45, 2.75) is 38.1 Å². The molecule has 0 aromatic heterocycles. The van der Waals surface area contributed by atoms with Crippen LogP contribution in [0.15, 0.2) is 121 Å². The third-order valence-electron chi connectivity index (χ3n) is 5.96. The average molecular weight is 567 g/mol. The van der Waals surface area contributed by atoms with E-state index in [0.29, 0.717) is 12.8 Å². The van der Waals surface area contributed by atoms with Gasteiger partial charge in [-0.1, -0.05) is 121 Å². The van der Waals surface area contributed by atoms with Gasteiger partial charge in [-0.2, -0.15) is 0 Å². The fraction of sp³-hybridized carbons (Fsp3) is 0.176. The minimum Gasteiger partial charge on any atom is -0.445 e. The molecule has 216 valence electrons. The number of carbonyl (C=O) groups is 4. The molecule has 0 aliphatic heterocycles. The van der Waals surface area contributed by atoms with Crippen LogP contribution >= 0.6 is 0 Å². The van der Waals surface area contributed by atoms with Crippen LogP contribution < -0.4 is 10.6 Å². The molecule has 8 heteroatoms. The van der Waals surface area contributed by atoms with Crippen LogP contribution in [0.2, 0.25) is 0 Å². The predicted octanol–water partition coefficient (Wildman–Crippen LogP) is 5.45. The van der Waals surface area contributed by atoms with E-state index in [1.54, 1.807) is 0 Å². The minimum atomic E-state index is -0.591. The number of carbonyl (C=O) groups excluding carboxylic acids is 4. The molecule has 2 amide bonds. The summed E-state index contributed by atoms with van der Waals surface area (Å²) in [7, 11) is 0. The van der Waals surface area contributed by atoms with Crippen LogP contribution in [-0.4, -0.2) is 36.8 Å². The number of nitrogens with one attached hydrogen (secondary N) is 2. The Bertz CT molecular complexity index is 1250. The van der Waals surface area contributed by atoms with Gasteiger partial charge in [0.05, 0.1) is 12.1 Å². The van der Waals surface area contributed by atoms with E-state index in [2.05, 4.69) is 10.6 Å². The van der Waals surface area contributed by atoms with Gasteiger partial charge in [-0.25, -0.2) is 9.59 Å². The monoisotopic (exact) mass is 566 g/mol. The van der Waals surface area contributed by atoms with Crippen LogP contribution in [0.3, 0.4) is 0 Å². The van der Waals surface area contributed by atoms with Crippen molar-refractivity contribution in [2.75, 3.05) is 0 Å². The number of aldehydes is 2. The van der Waals surface area contributed by atoms with Gasteiger partial charge in [0.2, 0.25) is 0 Å². The molecular formula is C34H34N2O6. The fourth-order valence-corrected chi connectivity index (χ4v) is 3.83. The number of rotatable bonds is 12. The molecule has 0 spiro atoms. The van der Waals surface area contributed by atoms with Gasteiger partial charge >= 0.3 is 12.2 Å². The Morgan fingerprint density at radius 2 is 0.786 bits per heavy atom. The first-order valence-electron chi connectivity index (χ1n) is 13.5. The largest absolute Gasteiger partial charge is 0.445 e. The molecule has 2 N–H and O–H groups in total. The summed E-state index contributed by atoms with van der Waals surface area (Å²) in [6.45, 7) is 0.368. The van der Waals surface area contributed by atoms with Crippen LogP contribution in [0.5, 0.6) is 0 Å². The Morgan fingerprint density at radius 1 is 0.500 bits per heavy atom. The molecule has 0 saturated heterocycles. The molecule has 0 heterocycles. The first kappa shape index (κ1) is 31.3. The lowest BCUT2D eigenvalue weighted by Gasteiger charge is -2.13. The molecule has 2 atom stereocenters. The van der Waals surface area contributed by atoms with Crippen molar-refractivity contribution >= 4 is 24.8 Å². The number of amides is 2. The first-order valence-corrected chi connectivity index (χ1v) is 13.5. The lowest BCUT2D eigenvalue weighted by atomic mass is 10.1. The van der Waals surface area contributed by atoms with Crippen molar-refractivity contribution in [1.29, 1.82) is 0 Å². The van der Waals surface area contributed by atoms with Crippen LogP contribution in [0, 0.1) is 0 Å². The third-order valence-corrected chi connectivity index (χ3v) is 5.96. The molecule has 4 rings (SSSR count). The zero-order valence-corrected chi connectivity index (χ0v) is 23.1. The van der Waals surface area contributed by atoms with Gasteiger partial charge in [0.25, 0.3) is 0 Å². The second-order valence-corrected chi connectivity index (χ2v) is 9.28. The molecule has 0 bridgehead atoms. The highest BCUT2D eigenvalue weighted by atomic mass is 16.6. The maximum atomic E-state index is 11.7. The minimum absolute atomic E-state index is 0.184. The summed E-state index contributed by atoms with van der Waals surface area (Å²) in [6, 6.07) is 36.6. The predicted molar refractivity (Wildman–Crippen MR) is 160 cm³/mol. The summed E-state index contributed by atoms with van der Waals surface area (Å²) >= 11 is 0. The Morgan fingerprint density at radius 3 is 1.07 bits per heavy atom. The summed E-state index contributed by atoms with van der Waals surface area (Å²) in [5.41, 5.74) is 3.77. The first-order chi connectivity index (χ1) is 20.6. The van der Waals surface area contributed by atoms with Gasteiger partial charge in [0.1, 0.15) is 25.8 Å². The molecule has 4 aromatic carbocycles. The van der Waals surface area contributed by atoms with Gasteiger partial charge < -0.3 is 29.7 Å². The highest BCUT2D eigenvalue weighted by molar-refractivity contribution is 5.74. The molecular weight excluding hydrogens is 532 g/mol. The number of alkyl carbamates (subject to hydrolysis) is 2. The van der Waals surface area contributed by atoms with Crippen LogP contribution in [0.25, 0.3) is 0 Å². The fourth-order valence-electron chi connectivity index (χ4n) is 3.83. The van der Waals surface area contributed by atoms with Crippen LogP contribution in [0.1, 0.15) is 22.3 Å². The summed E-state index contributed by atoms with van der Waals surface area (Å²) in [6.07, 6.45) is 1.15. The van der Waals surface area contributed by atoms with Crippen molar-refractivity contribution in [3.05, 3.63) is 144 Å². The molecule has 2 unspecified atom stereocenters. The van der Waals surface area contributed by atoms with Gasteiger partial charge in [0, 0.05) is 0 Å². The van der Waals surface area contributed by atoms with Crippen molar-refractivity contribution < 1.29 is 28.7 Å². The maximum absolute atomic E-state index is 11.7. The normalized spacial score (nSPS) is 11.4. The smallest absolute Gasteiger partial charge is 0.408 e. The van der Waals surface area contributed by atoms with Crippen LogP contribution in [0.4, 0.5) is 9.59 Å². The lowest BCUT2D eigenvalue weighted by molar-refractivity contribution is -0.110. The summed E-state index contributed by atoms with van der Waals surface area (Å²) < 4.78 is 10.2. The number of benzene rings is 4. The molecule has 4 aromatic rings. The Labute approximate surface area is 245 Å². The molecule has 0 radical (unpaired) electrons. The van der Waals surface area contributed by atoms with Gasteiger partial charge in [-0.15, -0.1) is 0 Å². The summed E-state index contributed by atoms with van der Waals surface area (Å²) in [5, 5.41) is 5.11. The maximum Gasteiger partial charge on any atom is 0.408 e. The van der Waals surface area contributed by atoms with E-state index in [0.717, 1.165) is 34.8 Å². The van der Waals surface area contributed by atoms with Gasteiger partial charge in [-0.3, -0.25) is 0 Å². The summed E-state index contributed by atoms with van der Waals surface area (Å²) in [5.74, 6) is 0. The van der Waals surface area contributed by atoms with E-state index in [9.17, 15) is 19.2 Å². The number of hydrogen-bond acceptors (Lipinski definition) is 6. The SMILES string of the molecule is O=CC(Cc1ccccc1)NC(=O)OCc1ccccc1.O=CC(Cc1ccccc1)NC(=O)OCc1ccccc1. The second kappa shape index (κ2) is 18.2. The molecule has 42 heavy (non-hydrogen) atoms. The Hall–Kier alpha value is -5.24. The van der Waals surface area contributed by atoms with E-state index in [1.807, 2.05) is 121 Å². The quantitative estimate of drug-likeness (QED) is 0.221. The molecule has 0 aliphatic carbocycles. The average Bonchev–Trinajstić information content (AvgIpc) is 3.04. The molecule has 8 nitrogen and oxygen atoms in total. The van der Waals surface area contributed by atoms with Crippen molar-refractivity contribution in [2.24, 2.45) is 0 Å². The Kier molecular flexibility index (Phi) is 13.5. The van der Waals surface area contributed by atoms with Crippen molar-refractivity contribution in [3.63, 3.8) is 0 Å². The van der Waals surface area contributed by atoms with Crippen molar-refractivity contribution in [1.82, 2.24) is 10.6 Å². The van der Waals surface area contributed by atoms with Gasteiger partial charge in [-0.05, 0) is 35.1 Å². The summed E-state index contributed by atoms with van der Waals surface area (Å²) in [4.78, 5) is 45.5. The van der Waals surface area contributed by atoms with E-state index in [4.69, 9.17) is 9.47 Å². The van der Waals surface area contributed by atoms with E-state index >= 15 is 0 Å². The molecule has 0 aliphatic rings. The van der Waals surface area contributed by atoms with E-state index in [1.165, 1.54) is 0 Å². The Balaban J connectivity index is 0.000000230. The van der Waals surface area contributed by atoms with Gasteiger partial charge in [0.15, 0.2) is 0 Å². The second-order valence-electron chi connectivity index (χ2n) is 9.28. The highest BCUT2D eigenvalue weighted by Crippen LogP contribution is 2.05. The molecule has 0 saturated carbocycles. The topological polar surface area (TPSA) is 111 Å². The zero-order valence-electron chi connectivity index (χ0n) is 23.1. The van der Waals surface area contributed by atoms with E-state index < -0.39 is 24.3 Å². The highest BCUT2D eigenvalue weighted by Gasteiger charge is 2.14. The third kappa shape index (κ3) is 12.3. The lowest BCUT2D eigenvalue weighted by Crippen LogP contribution is -2.37.